The maximum Gasteiger partial charge on any atom is 0.242 e. The van der Waals surface area contributed by atoms with E-state index in [1.807, 2.05) is 4.90 Å². The van der Waals surface area contributed by atoms with E-state index in [0.717, 1.165) is 32.4 Å². The van der Waals surface area contributed by atoms with Gasteiger partial charge in [0.05, 0.1) is 5.54 Å². The van der Waals surface area contributed by atoms with Crippen molar-refractivity contribution in [1.29, 1.82) is 0 Å². The molecule has 0 aromatic heterocycles. The number of piperidine rings is 1. The smallest absolute Gasteiger partial charge is 0.242 e. The van der Waals surface area contributed by atoms with Crippen LogP contribution in [0.3, 0.4) is 0 Å². The average Bonchev–Trinajstić information content (AvgIpc) is 2.49. The van der Waals surface area contributed by atoms with E-state index in [9.17, 15) is 4.79 Å². The molecule has 1 fully saturated rings. The quantitative estimate of drug-likeness (QED) is 0.902. The normalized spacial score (nSPS) is 22.0. The second-order valence-corrected chi connectivity index (χ2v) is 6.43. The zero-order valence-electron chi connectivity index (χ0n) is 13.6. The Morgan fingerprint density at radius 1 is 1.29 bits per heavy atom. The number of hydrogen-bond acceptors (Lipinski definition) is 2. The van der Waals surface area contributed by atoms with E-state index in [0.29, 0.717) is 6.54 Å². The van der Waals surface area contributed by atoms with E-state index in [1.54, 1.807) is 0 Å². The highest BCUT2D eigenvalue weighted by Crippen LogP contribution is 2.22. The molecule has 0 saturated carbocycles. The van der Waals surface area contributed by atoms with Crippen LogP contribution in [-0.4, -0.2) is 29.4 Å². The monoisotopic (exact) mass is 288 g/mol. The molecular formula is C18H28N2O. The van der Waals surface area contributed by atoms with E-state index in [-0.39, 0.29) is 11.4 Å². The Hall–Kier alpha value is -1.35. The molecular weight excluding hydrogens is 260 g/mol. The number of nitrogens with one attached hydrogen (secondary N) is 1. The molecule has 1 heterocycles. The van der Waals surface area contributed by atoms with Crippen LogP contribution in [0.5, 0.6) is 0 Å². The minimum absolute atomic E-state index is 0.254. The van der Waals surface area contributed by atoms with Gasteiger partial charge in [-0.05, 0) is 51.6 Å². The summed E-state index contributed by atoms with van der Waals surface area (Å²) in [7, 11) is 0. The molecule has 1 atom stereocenters. The van der Waals surface area contributed by atoms with Gasteiger partial charge in [-0.2, -0.15) is 0 Å². The topological polar surface area (TPSA) is 32.3 Å². The van der Waals surface area contributed by atoms with Gasteiger partial charge in [-0.15, -0.1) is 0 Å². The molecule has 0 spiro atoms. The molecule has 1 unspecified atom stereocenters. The first kappa shape index (κ1) is 16.0. The third-order valence-electron chi connectivity index (χ3n) is 4.37. The molecule has 1 aromatic rings. The molecule has 3 nitrogen and oxygen atoms in total. The van der Waals surface area contributed by atoms with Gasteiger partial charge < -0.3 is 10.2 Å². The van der Waals surface area contributed by atoms with Gasteiger partial charge in [0, 0.05) is 13.1 Å². The van der Waals surface area contributed by atoms with E-state index >= 15 is 0 Å². The first-order valence-corrected chi connectivity index (χ1v) is 8.15. The lowest BCUT2D eigenvalue weighted by molar-refractivity contribution is -0.139. The summed E-state index contributed by atoms with van der Waals surface area (Å²) >= 11 is 0. The van der Waals surface area contributed by atoms with Crippen LogP contribution in [0.2, 0.25) is 0 Å². The van der Waals surface area contributed by atoms with Crippen molar-refractivity contribution in [1.82, 2.24) is 10.2 Å². The van der Waals surface area contributed by atoms with Gasteiger partial charge in [-0.1, -0.05) is 36.8 Å². The predicted molar refractivity (Wildman–Crippen MR) is 87.1 cm³/mol. The van der Waals surface area contributed by atoms with Gasteiger partial charge in [0.25, 0.3) is 0 Å². The Balaban J connectivity index is 2.10. The van der Waals surface area contributed by atoms with E-state index in [2.05, 4.69) is 50.4 Å². The fourth-order valence-electron chi connectivity index (χ4n) is 3.02. The zero-order chi connectivity index (χ0) is 15.3. The van der Waals surface area contributed by atoms with Crippen molar-refractivity contribution in [2.75, 3.05) is 13.1 Å². The minimum atomic E-state index is -0.377. The molecule has 1 aromatic carbocycles. The molecule has 0 aliphatic carbocycles. The lowest BCUT2D eigenvalue weighted by atomic mass is 9.89. The Bertz CT molecular complexity index is 461. The van der Waals surface area contributed by atoms with Gasteiger partial charge in [-0.3, -0.25) is 4.79 Å². The Kier molecular flexibility index (Phi) is 5.40. The van der Waals surface area contributed by atoms with E-state index in [1.165, 1.54) is 17.5 Å². The maximum absolute atomic E-state index is 12.9. The molecule has 116 valence electrons. The summed E-state index contributed by atoms with van der Waals surface area (Å²) in [5.74, 6) is 0.254. The predicted octanol–water partition coefficient (Wildman–Crippen LogP) is 3.27. The summed E-state index contributed by atoms with van der Waals surface area (Å²) in [5.41, 5.74) is 2.09. The molecule has 1 N–H and O–H groups in total. The molecule has 1 aliphatic heterocycles. The van der Waals surface area contributed by atoms with Crippen LogP contribution < -0.4 is 5.32 Å². The first-order valence-electron chi connectivity index (χ1n) is 8.15. The summed E-state index contributed by atoms with van der Waals surface area (Å²) < 4.78 is 0. The lowest BCUT2D eigenvalue weighted by Crippen LogP contribution is -2.57. The lowest BCUT2D eigenvalue weighted by Gasteiger charge is -2.38. The van der Waals surface area contributed by atoms with Gasteiger partial charge in [0.1, 0.15) is 0 Å². The number of hydrogen-bond donors (Lipinski definition) is 1. The molecule has 3 heteroatoms. The Labute approximate surface area is 128 Å². The van der Waals surface area contributed by atoms with Crippen molar-refractivity contribution in [2.45, 2.75) is 58.5 Å². The fraction of sp³-hybridized carbons (Fsp3) is 0.611. The standard InChI is InChI=1S/C18H28N2O/c1-4-13-20(14-16-9-7-15(2)8-10-16)17(21)18(3)11-5-6-12-19-18/h7-10,19H,4-6,11-14H2,1-3H3. The number of amides is 1. The third-order valence-corrected chi connectivity index (χ3v) is 4.37. The molecule has 2 rings (SSSR count). The maximum atomic E-state index is 12.9. The summed E-state index contributed by atoms with van der Waals surface area (Å²) in [6, 6.07) is 8.48. The summed E-state index contributed by atoms with van der Waals surface area (Å²) in [6.45, 7) is 8.77. The Morgan fingerprint density at radius 2 is 2.00 bits per heavy atom. The number of carbonyl (C=O) groups is 1. The molecule has 0 bridgehead atoms. The highest BCUT2D eigenvalue weighted by Gasteiger charge is 2.37. The van der Waals surface area contributed by atoms with Gasteiger partial charge >= 0.3 is 0 Å². The van der Waals surface area contributed by atoms with Gasteiger partial charge in [-0.25, -0.2) is 0 Å². The van der Waals surface area contributed by atoms with Crippen molar-refractivity contribution >= 4 is 5.91 Å². The highest BCUT2D eigenvalue weighted by molar-refractivity contribution is 5.86. The number of nitrogens with zero attached hydrogens (tertiary/aromatic N) is 1. The number of aryl methyl sites for hydroxylation is 1. The van der Waals surface area contributed by atoms with Crippen LogP contribution in [0.15, 0.2) is 24.3 Å². The molecule has 1 amide bonds. The number of carbonyl (C=O) groups excluding carboxylic acids is 1. The van der Waals surface area contributed by atoms with Crippen molar-refractivity contribution < 1.29 is 4.79 Å². The fourth-order valence-corrected chi connectivity index (χ4v) is 3.02. The van der Waals surface area contributed by atoms with Crippen LogP contribution in [0.1, 0.15) is 50.7 Å². The number of benzene rings is 1. The minimum Gasteiger partial charge on any atom is -0.337 e. The Morgan fingerprint density at radius 3 is 2.57 bits per heavy atom. The van der Waals surface area contributed by atoms with Gasteiger partial charge in [0.2, 0.25) is 5.91 Å². The van der Waals surface area contributed by atoms with E-state index < -0.39 is 0 Å². The highest BCUT2D eigenvalue weighted by atomic mass is 16.2. The van der Waals surface area contributed by atoms with Gasteiger partial charge in [0.15, 0.2) is 0 Å². The summed E-state index contributed by atoms with van der Waals surface area (Å²) in [6.07, 6.45) is 4.25. The van der Waals surface area contributed by atoms with Crippen molar-refractivity contribution in [3.05, 3.63) is 35.4 Å². The average molecular weight is 288 g/mol. The molecule has 1 saturated heterocycles. The van der Waals surface area contributed by atoms with Crippen LogP contribution in [0.25, 0.3) is 0 Å². The second-order valence-electron chi connectivity index (χ2n) is 6.43. The van der Waals surface area contributed by atoms with Crippen molar-refractivity contribution in [3.8, 4) is 0 Å². The second kappa shape index (κ2) is 7.08. The summed E-state index contributed by atoms with van der Waals surface area (Å²) in [5, 5.41) is 3.44. The first-order chi connectivity index (χ1) is 10.0. The van der Waals surface area contributed by atoms with Crippen LogP contribution in [0, 0.1) is 6.92 Å². The molecule has 21 heavy (non-hydrogen) atoms. The summed E-state index contributed by atoms with van der Waals surface area (Å²) in [4.78, 5) is 15.0. The zero-order valence-corrected chi connectivity index (χ0v) is 13.6. The van der Waals surface area contributed by atoms with Crippen molar-refractivity contribution in [3.63, 3.8) is 0 Å². The third kappa shape index (κ3) is 4.07. The molecule has 1 aliphatic rings. The number of rotatable bonds is 5. The largest absolute Gasteiger partial charge is 0.337 e. The van der Waals surface area contributed by atoms with E-state index in [4.69, 9.17) is 0 Å². The van der Waals surface area contributed by atoms with Crippen LogP contribution >= 0.6 is 0 Å². The van der Waals surface area contributed by atoms with Crippen LogP contribution in [0.4, 0.5) is 0 Å². The van der Waals surface area contributed by atoms with Crippen molar-refractivity contribution in [2.24, 2.45) is 0 Å². The van der Waals surface area contributed by atoms with Crippen LogP contribution in [-0.2, 0) is 11.3 Å². The molecule has 0 radical (unpaired) electrons. The SMILES string of the molecule is CCCN(Cc1ccc(C)cc1)C(=O)C1(C)CCCCN1.